The summed E-state index contributed by atoms with van der Waals surface area (Å²) in [6.45, 7) is 5.62. The SMILES string of the molecule is CC1(C)OCC(COc2cc(NC(=O)N3c4nc(-c5cccc(C(F)(F)F)c5)ncc4N4CCC3C4)ccn2)O1. The highest BCUT2D eigenvalue weighted by molar-refractivity contribution is 6.04. The van der Waals surface area contributed by atoms with Gasteiger partial charge in [-0.05, 0) is 38.5 Å². The van der Waals surface area contributed by atoms with Crippen LogP contribution in [0, 0.1) is 0 Å². The van der Waals surface area contributed by atoms with E-state index in [1.807, 2.05) is 13.8 Å². The number of aromatic nitrogens is 3. The standard InChI is InChI=1S/C27H27F3N6O4/c1-26(2)39-15-20(40-26)14-38-22-11-18(6-8-31-22)33-25(37)36-19-7-9-35(13-19)21-12-32-23(34-24(21)36)16-4-3-5-17(10-16)27(28,29)30/h3-6,8,10-12,19-20H,7,9,13-15H2,1-2H3,(H,31,33,37). The van der Waals surface area contributed by atoms with Gasteiger partial charge in [0.15, 0.2) is 17.4 Å². The van der Waals surface area contributed by atoms with E-state index in [9.17, 15) is 18.0 Å². The number of nitrogens with one attached hydrogen (secondary N) is 1. The number of benzene rings is 1. The molecule has 3 aliphatic heterocycles. The van der Waals surface area contributed by atoms with Gasteiger partial charge >= 0.3 is 12.2 Å². The van der Waals surface area contributed by atoms with Crippen LogP contribution in [-0.2, 0) is 15.7 Å². The Balaban J connectivity index is 1.22. The highest BCUT2D eigenvalue weighted by atomic mass is 19.4. The average Bonchev–Trinajstić information content (AvgIpc) is 3.50. The number of pyridine rings is 1. The van der Waals surface area contributed by atoms with Crippen LogP contribution in [-0.4, -0.2) is 65.2 Å². The summed E-state index contributed by atoms with van der Waals surface area (Å²) in [4.78, 5) is 30.3. The Bertz CT molecular complexity index is 1440. The predicted octanol–water partition coefficient (Wildman–Crippen LogP) is 4.72. The number of carbonyl (C=O) groups excluding carboxylic acids is 1. The van der Waals surface area contributed by atoms with Crippen molar-refractivity contribution in [3.63, 3.8) is 0 Å². The van der Waals surface area contributed by atoms with Crippen molar-refractivity contribution >= 4 is 23.2 Å². The zero-order chi connectivity index (χ0) is 28.1. The summed E-state index contributed by atoms with van der Waals surface area (Å²) in [5, 5.41) is 2.89. The first-order valence-electron chi connectivity index (χ1n) is 12.9. The van der Waals surface area contributed by atoms with Gasteiger partial charge in [0, 0.05) is 36.6 Å². The number of nitrogens with zero attached hydrogens (tertiary/aromatic N) is 5. The molecule has 0 radical (unpaired) electrons. The molecule has 5 heterocycles. The second-order valence-electron chi connectivity index (χ2n) is 10.3. The predicted molar refractivity (Wildman–Crippen MR) is 139 cm³/mol. The number of anilines is 3. The molecule has 40 heavy (non-hydrogen) atoms. The number of fused-ring (bicyclic) bond motifs is 4. The molecule has 2 fully saturated rings. The Morgan fingerprint density at radius 3 is 2.85 bits per heavy atom. The first kappa shape index (κ1) is 26.3. The molecule has 0 spiro atoms. The first-order chi connectivity index (χ1) is 19.1. The number of alkyl halides is 3. The minimum Gasteiger partial charge on any atom is -0.475 e. The number of rotatable bonds is 5. The van der Waals surface area contributed by atoms with Crippen molar-refractivity contribution < 1.29 is 32.2 Å². The van der Waals surface area contributed by atoms with Gasteiger partial charge in [0.1, 0.15) is 12.7 Å². The van der Waals surface area contributed by atoms with E-state index in [0.29, 0.717) is 49.2 Å². The summed E-state index contributed by atoms with van der Waals surface area (Å²) in [7, 11) is 0. The van der Waals surface area contributed by atoms with Gasteiger partial charge < -0.3 is 24.4 Å². The molecule has 6 rings (SSSR count). The zero-order valence-corrected chi connectivity index (χ0v) is 21.8. The Morgan fingerprint density at radius 1 is 1.23 bits per heavy atom. The van der Waals surface area contributed by atoms with Crippen molar-refractivity contribution in [1.29, 1.82) is 0 Å². The molecule has 0 aliphatic carbocycles. The van der Waals surface area contributed by atoms with Crippen LogP contribution < -0.4 is 19.9 Å². The fraction of sp³-hybridized carbons (Fsp3) is 0.407. The topological polar surface area (TPSA) is 102 Å². The summed E-state index contributed by atoms with van der Waals surface area (Å²) >= 11 is 0. The van der Waals surface area contributed by atoms with Gasteiger partial charge in [-0.25, -0.2) is 19.7 Å². The molecule has 2 bridgehead atoms. The van der Waals surface area contributed by atoms with Gasteiger partial charge in [0.2, 0.25) is 5.88 Å². The fourth-order valence-corrected chi connectivity index (χ4v) is 5.12. The van der Waals surface area contributed by atoms with Crippen LogP contribution in [0.25, 0.3) is 11.4 Å². The van der Waals surface area contributed by atoms with Crippen molar-refractivity contribution in [2.75, 3.05) is 41.4 Å². The number of carbonyl (C=O) groups is 1. The average molecular weight is 557 g/mol. The number of hydrogen-bond acceptors (Lipinski definition) is 8. The maximum Gasteiger partial charge on any atom is 0.416 e. The van der Waals surface area contributed by atoms with E-state index in [2.05, 4.69) is 25.2 Å². The molecule has 2 aromatic heterocycles. The number of urea groups is 1. The minimum absolute atomic E-state index is 0.103. The third-order valence-electron chi connectivity index (χ3n) is 6.98. The number of halogens is 3. The number of amides is 2. The molecule has 13 heteroatoms. The molecular weight excluding hydrogens is 529 g/mol. The lowest BCUT2D eigenvalue weighted by Gasteiger charge is -2.35. The second-order valence-corrected chi connectivity index (χ2v) is 10.3. The summed E-state index contributed by atoms with van der Waals surface area (Å²) in [6, 6.07) is 7.50. The summed E-state index contributed by atoms with van der Waals surface area (Å²) in [5.41, 5.74) is 0.533. The lowest BCUT2D eigenvalue weighted by atomic mass is 10.1. The Labute approximate surface area is 228 Å². The zero-order valence-electron chi connectivity index (χ0n) is 21.8. The smallest absolute Gasteiger partial charge is 0.416 e. The van der Waals surface area contributed by atoms with E-state index in [4.69, 9.17) is 14.2 Å². The molecule has 3 aromatic rings. The van der Waals surface area contributed by atoms with Crippen molar-refractivity contribution in [1.82, 2.24) is 15.0 Å². The van der Waals surface area contributed by atoms with Gasteiger partial charge in [-0.15, -0.1) is 0 Å². The molecule has 1 N–H and O–H groups in total. The Morgan fingerprint density at radius 2 is 2.08 bits per heavy atom. The summed E-state index contributed by atoms with van der Waals surface area (Å²) in [5.74, 6) is 0.0973. The lowest BCUT2D eigenvalue weighted by molar-refractivity contribution is -0.141. The monoisotopic (exact) mass is 556 g/mol. The van der Waals surface area contributed by atoms with Gasteiger partial charge in [-0.1, -0.05) is 12.1 Å². The van der Waals surface area contributed by atoms with Gasteiger partial charge in [-0.2, -0.15) is 13.2 Å². The van der Waals surface area contributed by atoms with Crippen molar-refractivity contribution in [2.24, 2.45) is 0 Å². The van der Waals surface area contributed by atoms with Gasteiger partial charge in [0.25, 0.3) is 0 Å². The molecule has 2 amide bonds. The van der Waals surface area contributed by atoms with Gasteiger partial charge in [-0.3, -0.25) is 4.90 Å². The fourth-order valence-electron chi connectivity index (χ4n) is 5.12. The van der Waals surface area contributed by atoms with E-state index < -0.39 is 23.6 Å². The van der Waals surface area contributed by atoms with E-state index >= 15 is 0 Å². The lowest BCUT2D eigenvalue weighted by Crippen LogP contribution is -2.48. The third-order valence-corrected chi connectivity index (χ3v) is 6.98. The van der Waals surface area contributed by atoms with Crippen LogP contribution in [0.3, 0.4) is 0 Å². The van der Waals surface area contributed by atoms with Crippen LogP contribution in [0.15, 0.2) is 48.8 Å². The van der Waals surface area contributed by atoms with Gasteiger partial charge in [0.05, 0.1) is 30.1 Å². The normalized spacial score (nSPS) is 21.3. The quantitative estimate of drug-likeness (QED) is 0.482. The highest BCUT2D eigenvalue weighted by Gasteiger charge is 2.41. The molecule has 2 atom stereocenters. The van der Waals surface area contributed by atoms with E-state index in [0.717, 1.165) is 12.1 Å². The molecule has 3 aliphatic rings. The first-order valence-corrected chi connectivity index (χ1v) is 12.9. The summed E-state index contributed by atoms with van der Waals surface area (Å²) < 4.78 is 56.9. The van der Waals surface area contributed by atoms with E-state index in [1.54, 1.807) is 23.2 Å². The summed E-state index contributed by atoms with van der Waals surface area (Å²) in [6.07, 6.45) is -0.934. The van der Waals surface area contributed by atoms with Crippen LogP contribution >= 0.6 is 0 Å². The number of ether oxygens (including phenoxy) is 3. The molecule has 2 saturated heterocycles. The van der Waals surface area contributed by atoms with E-state index in [-0.39, 0.29) is 30.1 Å². The highest BCUT2D eigenvalue weighted by Crippen LogP contribution is 2.40. The van der Waals surface area contributed by atoms with Crippen molar-refractivity contribution in [3.8, 4) is 17.3 Å². The van der Waals surface area contributed by atoms with Crippen LogP contribution in [0.2, 0.25) is 0 Å². The maximum atomic E-state index is 13.6. The largest absolute Gasteiger partial charge is 0.475 e. The molecular formula is C27H27F3N6O4. The molecule has 1 aromatic carbocycles. The minimum atomic E-state index is -4.50. The van der Waals surface area contributed by atoms with Crippen molar-refractivity contribution in [2.45, 2.75) is 44.4 Å². The van der Waals surface area contributed by atoms with Crippen LogP contribution in [0.5, 0.6) is 5.88 Å². The molecule has 2 unspecified atom stereocenters. The van der Waals surface area contributed by atoms with E-state index in [1.165, 1.54) is 18.3 Å². The Kier molecular flexibility index (Phi) is 6.50. The van der Waals surface area contributed by atoms with Crippen molar-refractivity contribution in [3.05, 3.63) is 54.4 Å². The second kappa shape index (κ2) is 9.89. The molecule has 0 saturated carbocycles. The maximum absolute atomic E-state index is 13.6. The Hall–Kier alpha value is -3.97. The van der Waals surface area contributed by atoms with Crippen LogP contribution in [0.4, 0.5) is 35.2 Å². The molecule has 210 valence electrons. The number of hydrogen-bond donors (Lipinski definition) is 1. The third kappa shape index (κ3) is 5.26. The molecule has 10 nitrogen and oxygen atoms in total. The van der Waals surface area contributed by atoms with Crippen LogP contribution in [0.1, 0.15) is 25.8 Å².